The van der Waals surface area contributed by atoms with Crippen LogP contribution in [0.25, 0.3) is 10.8 Å². The van der Waals surface area contributed by atoms with Gasteiger partial charge in [0.2, 0.25) is 16.0 Å². The quantitative estimate of drug-likeness (QED) is 0.370. The zero-order valence-electron chi connectivity index (χ0n) is 20.0. The highest BCUT2D eigenvalue weighted by Gasteiger charge is 2.42. The van der Waals surface area contributed by atoms with E-state index >= 15 is 0 Å². The maximum Gasteiger partial charge on any atom is 0.307 e. The fourth-order valence-corrected chi connectivity index (χ4v) is 6.30. The summed E-state index contributed by atoms with van der Waals surface area (Å²) in [6, 6.07) is 8.58. The first-order valence-corrected chi connectivity index (χ1v) is 13.8. The van der Waals surface area contributed by atoms with Gasteiger partial charge < -0.3 is 14.4 Å². The number of ether oxygens (including phenoxy) is 2. The van der Waals surface area contributed by atoms with E-state index in [-0.39, 0.29) is 36.8 Å². The average molecular weight is 612 g/mol. The molecule has 0 amide bonds. The Balaban J connectivity index is 1.75. The molecule has 2 aromatic carbocycles. The van der Waals surface area contributed by atoms with Crippen molar-refractivity contribution >= 4 is 66.2 Å². The number of fused-ring (bicyclic) bond motifs is 1. The summed E-state index contributed by atoms with van der Waals surface area (Å²) in [5, 5.41) is 2.06. The molecular weight excluding hydrogens is 588 g/mol. The molecule has 0 saturated carbocycles. The minimum Gasteiger partial charge on any atom is -0.469 e. The third kappa shape index (κ3) is 6.03. The van der Waals surface area contributed by atoms with Gasteiger partial charge in [-0.1, -0.05) is 23.7 Å². The van der Waals surface area contributed by atoms with Crippen molar-refractivity contribution in [1.82, 2.24) is 14.3 Å². The van der Waals surface area contributed by atoms with E-state index in [2.05, 4.69) is 25.9 Å². The summed E-state index contributed by atoms with van der Waals surface area (Å²) in [7, 11) is -1.49. The standard InChI is InChI=1S/C24H24BrClN4O6S/c1-35-22(31)9-19-13-29(37(33,34)21-6-4-15-7-18(26)5-3-16(15)8-21)14-20(10-23(32)36-2)30(19)24-27-11-17(25)12-28-24/h3-8,11-12,19-20H,9-10,13-14H2,1-2H3. The van der Waals surface area contributed by atoms with Gasteiger partial charge in [0, 0.05) is 30.5 Å². The van der Waals surface area contributed by atoms with Crippen molar-refractivity contribution in [3.8, 4) is 0 Å². The predicted molar refractivity (Wildman–Crippen MR) is 141 cm³/mol. The van der Waals surface area contributed by atoms with Crippen LogP contribution in [0.15, 0.2) is 58.2 Å². The van der Waals surface area contributed by atoms with Crippen molar-refractivity contribution in [2.45, 2.75) is 29.8 Å². The highest BCUT2D eigenvalue weighted by atomic mass is 79.9. The molecular formula is C24H24BrClN4O6S. The Kier molecular flexibility index (Phi) is 8.32. The van der Waals surface area contributed by atoms with Crippen molar-refractivity contribution < 1.29 is 27.5 Å². The van der Waals surface area contributed by atoms with Crippen molar-refractivity contribution in [2.24, 2.45) is 0 Å². The minimum atomic E-state index is -4.01. The third-order valence-corrected chi connectivity index (χ3v) is 8.60. The first-order valence-electron chi connectivity index (χ1n) is 11.2. The number of halogens is 2. The molecule has 4 rings (SSSR count). The lowest BCUT2D eigenvalue weighted by Gasteiger charge is -2.45. The van der Waals surface area contributed by atoms with Gasteiger partial charge in [0.05, 0.1) is 48.5 Å². The van der Waals surface area contributed by atoms with Gasteiger partial charge >= 0.3 is 11.9 Å². The Hall–Kier alpha value is -2.80. The van der Waals surface area contributed by atoms with E-state index in [1.54, 1.807) is 35.2 Å². The monoisotopic (exact) mass is 610 g/mol. The lowest BCUT2D eigenvalue weighted by Crippen LogP contribution is -2.61. The zero-order valence-corrected chi connectivity index (χ0v) is 23.2. The molecule has 3 aromatic rings. The highest BCUT2D eigenvalue weighted by molar-refractivity contribution is 9.10. The number of anilines is 1. The van der Waals surface area contributed by atoms with Crippen LogP contribution in [0.4, 0.5) is 5.95 Å². The summed E-state index contributed by atoms with van der Waals surface area (Å²) in [5.41, 5.74) is 0. The molecule has 2 heterocycles. The Morgan fingerprint density at radius 3 is 2.08 bits per heavy atom. The van der Waals surface area contributed by atoms with Gasteiger partial charge in [-0.15, -0.1) is 0 Å². The summed E-state index contributed by atoms with van der Waals surface area (Å²) >= 11 is 9.36. The topological polar surface area (TPSA) is 119 Å². The molecule has 0 radical (unpaired) electrons. The van der Waals surface area contributed by atoms with E-state index in [1.165, 1.54) is 37.0 Å². The summed E-state index contributed by atoms with van der Waals surface area (Å²) in [6.07, 6.45) is 2.79. The average Bonchev–Trinajstić information content (AvgIpc) is 2.88. The lowest BCUT2D eigenvalue weighted by molar-refractivity contribution is -0.141. The molecule has 1 aromatic heterocycles. The lowest BCUT2D eigenvalue weighted by atomic mass is 10.0. The van der Waals surface area contributed by atoms with Crippen LogP contribution in [-0.4, -0.2) is 74.0 Å². The Bertz CT molecular complexity index is 1390. The van der Waals surface area contributed by atoms with Gasteiger partial charge in [0.15, 0.2) is 0 Å². The molecule has 2 atom stereocenters. The molecule has 37 heavy (non-hydrogen) atoms. The summed E-state index contributed by atoms with van der Waals surface area (Å²) in [4.78, 5) is 35.1. The number of piperazine rings is 1. The van der Waals surface area contributed by atoms with Crippen LogP contribution in [0.3, 0.4) is 0 Å². The number of carbonyl (C=O) groups excluding carboxylic acids is 2. The summed E-state index contributed by atoms with van der Waals surface area (Å²) < 4.78 is 39.3. The van der Waals surface area contributed by atoms with Gasteiger partial charge in [0.1, 0.15) is 0 Å². The van der Waals surface area contributed by atoms with Crippen LogP contribution < -0.4 is 4.90 Å². The molecule has 1 aliphatic heterocycles. The number of methoxy groups -OCH3 is 2. The fraction of sp³-hybridized carbons (Fsp3) is 0.333. The number of benzene rings is 2. The largest absolute Gasteiger partial charge is 0.469 e. The number of hydrogen-bond donors (Lipinski definition) is 0. The number of carbonyl (C=O) groups is 2. The van der Waals surface area contributed by atoms with E-state index in [4.69, 9.17) is 21.1 Å². The van der Waals surface area contributed by atoms with E-state index < -0.39 is 34.0 Å². The molecule has 196 valence electrons. The molecule has 2 unspecified atom stereocenters. The van der Waals surface area contributed by atoms with Gasteiger partial charge in [-0.05, 0) is 51.0 Å². The second-order valence-electron chi connectivity index (χ2n) is 8.45. The number of nitrogens with zero attached hydrogens (tertiary/aromatic N) is 4. The van der Waals surface area contributed by atoms with E-state index in [0.717, 1.165) is 5.39 Å². The molecule has 13 heteroatoms. The normalized spacial score (nSPS) is 18.5. The van der Waals surface area contributed by atoms with Crippen molar-refractivity contribution in [1.29, 1.82) is 0 Å². The number of sulfonamides is 1. The maximum absolute atomic E-state index is 13.8. The highest BCUT2D eigenvalue weighted by Crippen LogP contribution is 2.31. The summed E-state index contributed by atoms with van der Waals surface area (Å²) in [5.74, 6) is -0.817. The molecule has 0 bridgehead atoms. The fourth-order valence-electron chi connectivity index (χ4n) is 4.36. The zero-order chi connectivity index (χ0) is 26.7. The number of esters is 2. The Labute approximate surface area is 227 Å². The van der Waals surface area contributed by atoms with Gasteiger partial charge in [0.25, 0.3) is 0 Å². The number of rotatable bonds is 7. The van der Waals surface area contributed by atoms with Crippen LogP contribution in [0.1, 0.15) is 12.8 Å². The van der Waals surface area contributed by atoms with Crippen LogP contribution in [0, 0.1) is 0 Å². The molecule has 1 aliphatic rings. The van der Waals surface area contributed by atoms with E-state index in [9.17, 15) is 18.0 Å². The molecule has 0 spiro atoms. The Morgan fingerprint density at radius 1 is 0.973 bits per heavy atom. The molecule has 10 nitrogen and oxygen atoms in total. The van der Waals surface area contributed by atoms with Crippen LogP contribution in [0.2, 0.25) is 5.02 Å². The maximum atomic E-state index is 13.8. The first-order chi connectivity index (χ1) is 17.6. The van der Waals surface area contributed by atoms with Crippen molar-refractivity contribution in [2.75, 3.05) is 32.2 Å². The predicted octanol–water partition coefficient (Wildman–Crippen LogP) is 3.42. The summed E-state index contributed by atoms with van der Waals surface area (Å²) in [6.45, 7) is -0.0969. The second kappa shape index (κ2) is 11.3. The molecule has 1 saturated heterocycles. The van der Waals surface area contributed by atoms with Crippen molar-refractivity contribution in [3.05, 3.63) is 58.3 Å². The Morgan fingerprint density at radius 2 is 1.51 bits per heavy atom. The smallest absolute Gasteiger partial charge is 0.307 e. The third-order valence-electron chi connectivity index (χ3n) is 6.12. The van der Waals surface area contributed by atoms with E-state index in [0.29, 0.717) is 14.9 Å². The number of hydrogen-bond acceptors (Lipinski definition) is 9. The second-order valence-corrected chi connectivity index (χ2v) is 11.7. The van der Waals surface area contributed by atoms with Gasteiger partial charge in [-0.3, -0.25) is 9.59 Å². The molecule has 0 N–H and O–H groups in total. The van der Waals surface area contributed by atoms with Gasteiger partial charge in [-0.2, -0.15) is 4.31 Å². The first kappa shape index (κ1) is 27.2. The van der Waals surface area contributed by atoms with Crippen LogP contribution >= 0.6 is 27.5 Å². The van der Waals surface area contributed by atoms with Crippen LogP contribution in [-0.2, 0) is 29.1 Å². The van der Waals surface area contributed by atoms with Gasteiger partial charge in [-0.25, -0.2) is 18.4 Å². The van der Waals surface area contributed by atoms with Crippen molar-refractivity contribution in [3.63, 3.8) is 0 Å². The SMILES string of the molecule is COC(=O)CC1CN(S(=O)(=O)c2ccc3cc(Cl)ccc3c2)CC(CC(=O)OC)N1c1ncc(Br)cn1. The molecule has 0 aliphatic carbocycles. The van der Waals surface area contributed by atoms with Crippen LogP contribution in [0.5, 0.6) is 0 Å². The minimum absolute atomic E-state index is 0.0484. The molecule has 1 fully saturated rings. The van der Waals surface area contributed by atoms with E-state index in [1.807, 2.05) is 0 Å². The number of aromatic nitrogens is 2.